The summed E-state index contributed by atoms with van der Waals surface area (Å²) in [7, 11) is 0. The van der Waals surface area contributed by atoms with Crippen molar-refractivity contribution in [3.63, 3.8) is 0 Å². The van der Waals surface area contributed by atoms with Gasteiger partial charge in [0, 0.05) is 0 Å². The van der Waals surface area contributed by atoms with Gasteiger partial charge >= 0.3 is 0 Å². The van der Waals surface area contributed by atoms with Crippen molar-refractivity contribution in [2.24, 2.45) is 4.99 Å². The fourth-order valence-corrected chi connectivity index (χ4v) is 2.61. The predicted molar refractivity (Wildman–Crippen MR) is 64.1 cm³/mol. The summed E-state index contributed by atoms with van der Waals surface area (Å²) in [5.74, 6) is 0. The largest absolute Gasteiger partial charge is 0.235 e. The highest BCUT2D eigenvalue weighted by Gasteiger charge is 2.31. The van der Waals surface area contributed by atoms with E-state index in [2.05, 4.69) is 17.1 Å². The summed E-state index contributed by atoms with van der Waals surface area (Å²) in [6, 6.07) is 10.3. The Morgan fingerprint density at radius 1 is 1.12 bits per heavy atom. The molecule has 1 aromatic carbocycles. The first kappa shape index (κ1) is 11.1. The van der Waals surface area contributed by atoms with Gasteiger partial charge in [-0.15, -0.1) is 0 Å². The van der Waals surface area contributed by atoms with Crippen molar-refractivity contribution in [3.05, 3.63) is 35.9 Å². The summed E-state index contributed by atoms with van der Waals surface area (Å²) < 4.78 is 0. The second kappa shape index (κ2) is 5.09. The van der Waals surface area contributed by atoms with Crippen molar-refractivity contribution in [2.45, 2.75) is 44.1 Å². The fraction of sp³-hybridized carbons (Fsp3) is 0.500. The molecule has 0 unspecified atom stereocenters. The number of nitrogens with zero attached hydrogens (tertiary/aromatic N) is 1. The summed E-state index contributed by atoms with van der Waals surface area (Å²) in [6.45, 7) is 0. The predicted octanol–water partition coefficient (Wildman–Crippen LogP) is 3.27. The van der Waals surface area contributed by atoms with Gasteiger partial charge in [-0.25, -0.2) is 4.79 Å². The molecule has 1 aliphatic rings. The highest BCUT2D eigenvalue weighted by Crippen LogP contribution is 2.34. The SMILES string of the molecule is O=C=NC1(Cc2ccccc2)CCCCC1. The third-order valence-electron chi connectivity index (χ3n) is 3.44. The maximum atomic E-state index is 10.6. The lowest BCUT2D eigenvalue weighted by Crippen LogP contribution is -2.31. The van der Waals surface area contributed by atoms with Gasteiger partial charge in [-0.05, 0) is 24.8 Å². The number of hydrogen-bond acceptors (Lipinski definition) is 2. The van der Waals surface area contributed by atoms with Crippen LogP contribution in [0.3, 0.4) is 0 Å². The van der Waals surface area contributed by atoms with Crippen LogP contribution in [0.4, 0.5) is 0 Å². The Hall–Kier alpha value is -1.40. The molecular formula is C14H17NO. The minimum absolute atomic E-state index is 0.165. The third-order valence-corrected chi connectivity index (χ3v) is 3.44. The summed E-state index contributed by atoms with van der Waals surface area (Å²) in [6.07, 6.45) is 8.33. The number of hydrogen-bond donors (Lipinski definition) is 0. The lowest BCUT2D eigenvalue weighted by molar-refractivity contribution is 0.296. The van der Waals surface area contributed by atoms with Gasteiger partial charge in [0.25, 0.3) is 0 Å². The van der Waals surface area contributed by atoms with Crippen LogP contribution in [0.25, 0.3) is 0 Å². The van der Waals surface area contributed by atoms with E-state index in [-0.39, 0.29) is 5.54 Å². The maximum absolute atomic E-state index is 10.6. The Labute approximate surface area is 96.4 Å². The summed E-state index contributed by atoms with van der Waals surface area (Å²) in [5.41, 5.74) is 1.10. The molecule has 0 aromatic heterocycles. The Bertz CT molecular complexity index is 373. The van der Waals surface area contributed by atoms with E-state index in [4.69, 9.17) is 0 Å². The molecule has 1 aliphatic carbocycles. The molecule has 2 rings (SSSR count). The molecule has 0 saturated heterocycles. The van der Waals surface area contributed by atoms with Crippen LogP contribution in [-0.4, -0.2) is 11.6 Å². The van der Waals surface area contributed by atoms with Crippen molar-refractivity contribution in [1.82, 2.24) is 0 Å². The van der Waals surface area contributed by atoms with Crippen molar-refractivity contribution < 1.29 is 4.79 Å². The molecule has 0 atom stereocenters. The Balaban J connectivity index is 2.17. The molecule has 0 spiro atoms. The van der Waals surface area contributed by atoms with Gasteiger partial charge in [0.05, 0.1) is 5.54 Å². The molecule has 0 radical (unpaired) electrons. The fourth-order valence-electron chi connectivity index (χ4n) is 2.61. The lowest BCUT2D eigenvalue weighted by atomic mass is 9.78. The smallest absolute Gasteiger partial charge is 0.211 e. The van der Waals surface area contributed by atoms with Crippen LogP contribution in [0.2, 0.25) is 0 Å². The zero-order chi connectivity index (χ0) is 11.3. The van der Waals surface area contributed by atoms with Crippen LogP contribution in [0.15, 0.2) is 35.3 Å². The molecule has 84 valence electrons. The average molecular weight is 215 g/mol. The number of carbonyl (C=O) groups excluding carboxylic acids is 1. The highest BCUT2D eigenvalue weighted by molar-refractivity contribution is 5.35. The van der Waals surface area contributed by atoms with Gasteiger partial charge in [0.2, 0.25) is 6.08 Å². The van der Waals surface area contributed by atoms with E-state index in [9.17, 15) is 4.79 Å². The van der Waals surface area contributed by atoms with Crippen LogP contribution < -0.4 is 0 Å². The van der Waals surface area contributed by atoms with Gasteiger partial charge in [0.15, 0.2) is 0 Å². The van der Waals surface area contributed by atoms with Crippen LogP contribution in [0, 0.1) is 0 Å². The van der Waals surface area contributed by atoms with E-state index in [1.54, 1.807) is 6.08 Å². The Morgan fingerprint density at radius 2 is 1.81 bits per heavy atom. The van der Waals surface area contributed by atoms with Crippen LogP contribution in [0.1, 0.15) is 37.7 Å². The first-order valence-corrected chi connectivity index (χ1v) is 5.98. The van der Waals surface area contributed by atoms with Gasteiger partial charge in [-0.3, -0.25) is 0 Å². The maximum Gasteiger partial charge on any atom is 0.235 e. The second-order valence-electron chi connectivity index (χ2n) is 4.65. The van der Waals surface area contributed by atoms with Crippen molar-refractivity contribution in [1.29, 1.82) is 0 Å². The number of benzene rings is 1. The zero-order valence-corrected chi connectivity index (χ0v) is 9.48. The van der Waals surface area contributed by atoms with E-state index < -0.39 is 0 Å². The van der Waals surface area contributed by atoms with Crippen molar-refractivity contribution >= 4 is 6.08 Å². The van der Waals surface area contributed by atoms with Crippen LogP contribution in [-0.2, 0) is 11.2 Å². The third kappa shape index (κ3) is 2.59. The Morgan fingerprint density at radius 3 is 2.44 bits per heavy atom. The highest BCUT2D eigenvalue weighted by atomic mass is 16.1. The molecule has 0 aliphatic heterocycles. The lowest BCUT2D eigenvalue weighted by Gasteiger charge is -2.32. The Kier molecular flexibility index (Phi) is 3.53. The minimum atomic E-state index is -0.165. The molecule has 0 heterocycles. The number of isocyanates is 1. The van der Waals surface area contributed by atoms with Gasteiger partial charge in [0.1, 0.15) is 0 Å². The molecule has 2 nitrogen and oxygen atoms in total. The van der Waals surface area contributed by atoms with Crippen LogP contribution >= 0.6 is 0 Å². The number of aliphatic imine (C=N–C) groups is 1. The van der Waals surface area contributed by atoms with E-state index in [1.807, 2.05) is 18.2 Å². The normalized spacial score (nSPS) is 18.8. The van der Waals surface area contributed by atoms with Gasteiger partial charge < -0.3 is 0 Å². The van der Waals surface area contributed by atoms with Crippen molar-refractivity contribution in [3.8, 4) is 0 Å². The average Bonchev–Trinajstić information content (AvgIpc) is 2.31. The molecular weight excluding hydrogens is 198 g/mol. The number of rotatable bonds is 3. The quantitative estimate of drug-likeness (QED) is 0.562. The molecule has 1 fully saturated rings. The van der Waals surface area contributed by atoms with E-state index >= 15 is 0 Å². The molecule has 1 saturated carbocycles. The molecule has 0 amide bonds. The first-order valence-electron chi connectivity index (χ1n) is 5.98. The first-order chi connectivity index (χ1) is 7.85. The minimum Gasteiger partial charge on any atom is -0.211 e. The summed E-state index contributed by atoms with van der Waals surface area (Å²) in [5, 5.41) is 0. The molecule has 2 heteroatoms. The monoisotopic (exact) mass is 215 g/mol. The van der Waals surface area contributed by atoms with Crippen LogP contribution in [0.5, 0.6) is 0 Å². The van der Waals surface area contributed by atoms with E-state index in [1.165, 1.54) is 24.8 Å². The van der Waals surface area contributed by atoms with E-state index in [0.29, 0.717) is 0 Å². The van der Waals surface area contributed by atoms with Gasteiger partial charge in [-0.2, -0.15) is 4.99 Å². The summed E-state index contributed by atoms with van der Waals surface area (Å²) >= 11 is 0. The molecule has 16 heavy (non-hydrogen) atoms. The standard InChI is InChI=1S/C14H17NO/c16-12-15-14(9-5-2-6-10-14)11-13-7-3-1-4-8-13/h1,3-4,7-8H,2,5-6,9-11H2. The van der Waals surface area contributed by atoms with E-state index in [0.717, 1.165) is 19.3 Å². The molecule has 0 N–H and O–H groups in total. The molecule has 1 aromatic rings. The topological polar surface area (TPSA) is 29.4 Å². The van der Waals surface area contributed by atoms with Crippen molar-refractivity contribution in [2.75, 3.05) is 0 Å². The zero-order valence-electron chi connectivity index (χ0n) is 9.48. The van der Waals surface area contributed by atoms with Gasteiger partial charge in [-0.1, -0.05) is 49.6 Å². The molecule has 0 bridgehead atoms. The summed E-state index contributed by atoms with van der Waals surface area (Å²) in [4.78, 5) is 14.7. The second-order valence-corrected chi connectivity index (χ2v) is 4.65.